The molecule has 1 fully saturated rings. The van der Waals surface area contributed by atoms with E-state index in [0.29, 0.717) is 6.04 Å². The van der Waals surface area contributed by atoms with E-state index >= 15 is 0 Å². The van der Waals surface area contributed by atoms with Gasteiger partial charge in [-0.2, -0.15) is 0 Å². The molecule has 1 saturated heterocycles. The molecule has 1 N–H and O–H groups in total. The van der Waals surface area contributed by atoms with Crippen molar-refractivity contribution in [3.05, 3.63) is 0 Å². The van der Waals surface area contributed by atoms with Gasteiger partial charge in [-0.1, -0.05) is 0 Å². The summed E-state index contributed by atoms with van der Waals surface area (Å²) in [4.78, 5) is 0. The van der Waals surface area contributed by atoms with Crippen molar-refractivity contribution in [1.82, 2.24) is 5.32 Å². The number of halogens is 1. The molecule has 0 aliphatic carbocycles. The lowest BCUT2D eigenvalue weighted by molar-refractivity contribution is 0.698. The summed E-state index contributed by atoms with van der Waals surface area (Å²) in [6.07, 6.45) is 0. The van der Waals surface area contributed by atoms with Crippen LogP contribution in [0.1, 0.15) is 0 Å². The first-order chi connectivity index (χ1) is 3.43. The Morgan fingerprint density at radius 3 is 3.00 bits per heavy atom. The minimum absolute atomic E-state index is 0.576. The van der Waals surface area contributed by atoms with E-state index in [9.17, 15) is 0 Å². The molecule has 1 rings (SSSR count). The summed E-state index contributed by atoms with van der Waals surface area (Å²) in [5.41, 5.74) is 0. The zero-order valence-electron chi connectivity index (χ0n) is 3.98. The summed E-state index contributed by atoms with van der Waals surface area (Å²) < 4.78 is 0. The molecule has 0 aromatic carbocycles. The number of thioether (sulfide) groups is 1. The van der Waals surface area contributed by atoms with Crippen LogP contribution in [-0.2, 0) is 0 Å². The molecule has 0 aromatic heterocycles. The second-order valence-corrected chi connectivity index (χ2v) is 2.91. The predicted molar refractivity (Wildman–Crippen MR) is 35.0 cm³/mol. The Morgan fingerprint density at radius 1 is 1.86 bits per heavy atom. The highest BCUT2D eigenvalue weighted by Crippen LogP contribution is 2.09. The van der Waals surface area contributed by atoms with E-state index in [4.69, 9.17) is 11.6 Å². The molecule has 0 saturated carbocycles. The topological polar surface area (TPSA) is 12.0 Å². The lowest BCUT2D eigenvalue weighted by Crippen LogP contribution is -2.24. The van der Waals surface area contributed by atoms with Crippen molar-refractivity contribution in [2.75, 3.05) is 17.5 Å². The SMILES string of the molecule is ClCC1CSCN1. The van der Waals surface area contributed by atoms with E-state index in [2.05, 4.69) is 5.32 Å². The van der Waals surface area contributed by atoms with E-state index in [-0.39, 0.29) is 0 Å². The van der Waals surface area contributed by atoms with Gasteiger partial charge in [-0.3, -0.25) is 0 Å². The Hall–Kier alpha value is 0.600. The van der Waals surface area contributed by atoms with Crippen molar-refractivity contribution in [2.24, 2.45) is 0 Å². The summed E-state index contributed by atoms with van der Waals surface area (Å²) in [5, 5.41) is 3.24. The Balaban J connectivity index is 2.14. The first-order valence-electron chi connectivity index (χ1n) is 2.30. The zero-order chi connectivity index (χ0) is 5.11. The normalized spacial score (nSPS) is 31.3. The van der Waals surface area contributed by atoms with Gasteiger partial charge in [-0.05, 0) is 0 Å². The Labute approximate surface area is 52.8 Å². The molecule has 1 nitrogen and oxygen atoms in total. The molecule has 0 bridgehead atoms. The average molecular weight is 138 g/mol. The molecule has 1 aliphatic rings. The van der Waals surface area contributed by atoms with E-state index in [1.54, 1.807) is 0 Å². The summed E-state index contributed by atoms with van der Waals surface area (Å²) in [6.45, 7) is 0. The monoisotopic (exact) mass is 137 g/mol. The first kappa shape index (κ1) is 5.73. The number of hydrogen-bond acceptors (Lipinski definition) is 2. The van der Waals surface area contributed by atoms with Gasteiger partial charge in [0.25, 0.3) is 0 Å². The fourth-order valence-corrected chi connectivity index (χ4v) is 1.88. The van der Waals surface area contributed by atoms with Crippen molar-refractivity contribution in [1.29, 1.82) is 0 Å². The Morgan fingerprint density at radius 2 is 2.71 bits per heavy atom. The second kappa shape index (κ2) is 2.80. The summed E-state index contributed by atoms with van der Waals surface area (Å²) in [6, 6.07) is 0.576. The van der Waals surface area contributed by atoms with Crippen LogP contribution >= 0.6 is 23.4 Å². The molecule has 0 amide bonds. The molecule has 7 heavy (non-hydrogen) atoms. The van der Waals surface area contributed by atoms with Crippen LogP contribution in [0.5, 0.6) is 0 Å². The molecule has 1 heterocycles. The third kappa shape index (κ3) is 1.52. The molecule has 1 unspecified atom stereocenters. The predicted octanol–water partition coefficient (Wildman–Crippen LogP) is 0.888. The number of nitrogens with one attached hydrogen (secondary N) is 1. The van der Waals surface area contributed by atoms with Gasteiger partial charge in [0, 0.05) is 23.6 Å². The number of alkyl halides is 1. The highest BCUT2D eigenvalue weighted by atomic mass is 35.5. The van der Waals surface area contributed by atoms with Crippen molar-refractivity contribution in [3.63, 3.8) is 0 Å². The zero-order valence-corrected chi connectivity index (χ0v) is 5.56. The van der Waals surface area contributed by atoms with Crippen molar-refractivity contribution in [2.45, 2.75) is 6.04 Å². The molecular weight excluding hydrogens is 130 g/mol. The minimum Gasteiger partial charge on any atom is -0.303 e. The third-order valence-corrected chi connectivity index (χ3v) is 2.36. The van der Waals surface area contributed by atoms with Crippen LogP contribution in [0.2, 0.25) is 0 Å². The molecule has 0 spiro atoms. The van der Waals surface area contributed by atoms with Gasteiger partial charge in [-0.15, -0.1) is 23.4 Å². The van der Waals surface area contributed by atoms with Crippen molar-refractivity contribution >= 4 is 23.4 Å². The maximum atomic E-state index is 5.53. The highest BCUT2D eigenvalue weighted by molar-refractivity contribution is 7.99. The smallest absolute Gasteiger partial charge is 0.0421 e. The van der Waals surface area contributed by atoms with Crippen molar-refractivity contribution < 1.29 is 0 Å². The average Bonchev–Trinajstić information content (AvgIpc) is 2.14. The van der Waals surface area contributed by atoms with Gasteiger partial charge in [0.1, 0.15) is 0 Å². The molecule has 1 aliphatic heterocycles. The van der Waals surface area contributed by atoms with Gasteiger partial charge in [0.15, 0.2) is 0 Å². The molecule has 3 heteroatoms. The van der Waals surface area contributed by atoms with Gasteiger partial charge in [0.2, 0.25) is 0 Å². The molecular formula is C4H8ClNS. The summed E-state index contributed by atoms with van der Waals surface area (Å²) in [7, 11) is 0. The van der Waals surface area contributed by atoms with E-state index in [0.717, 1.165) is 11.8 Å². The summed E-state index contributed by atoms with van der Waals surface area (Å²) in [5.74, 6) is 3.02. The maximum Gasteiger partial charge on any atom is 0.0421 e. The lowest BCUT2D eigenvalue weighted by Gasteiger charge is -1.99. The van der Waals surface area contributed by atoms with Gasteiger partial charge >= 0.3 is 0 Å². The summed E-state index contributed by atoms with van der Waals surface area (Å²) >= 11 is 7.44. The molecule has 42 valence electrons. The maximum absolute atomic E-state index is 5.53. The van der Waals surface area contributed by atoms with Gasteiger partial charge in [-0.25, -0.2) is 0 Å². The van der Waals surface area contributed by atoms with Crippen LogP contribution in [-0.4, -0.2) is 23.6 Å². The standard InChI is InChI=1S/C4H8ClNS/c5-1-4-2-7-3-6-4/h4,6H,1-3H2. The number of hydrogen-bond donors (Lipinski definition) is 1. The number of rotatable bonds is 1. The highest BCUT2D eigenvalue weighted by Gasteiger charge is 2.11. The van der Waals surface area contributed by atoms with Crippen LogP contribution in [0.25, 0.3) is 0 Å². The molecule has 0 aromatic rings. The van der Waals surface area contributed by atoms with Crippen LogP contribution in [0, 0.1) is 0 Å². The molecule has 1 atom stereocenters. The lowest BCUT2D eigenvalue weighted by atomic mass is 10.4. The molecule has 0 radical (unpaired) electrons. The van der Waals surface area contributed by atoms with Crippen LogP contribution in [0.15, 0.2) is 0 Å². The quantitative estimate of drug-likeness (QED) is 0.539. The first-order valence-corrected chi connectivity index (χ1v) is 3.99. The third-order valence-electron chi connectivity index (χ3n) is 0.979. The largest absolute Gasteiger partial charge is 0.303 e. The van der Waals surface area contributed by atoms with E-state index in [1.807, 2.05) is 11.8 Å². The Bertz CT molecular complexity index is 53.7. The van der Waals surface area contributed by atoms with Gasteiger partial charge < -0.3 is 5.32 Å². The fraction of sp³-hybridized carbons (Fsp3) is 1.00. The second-order valence-electron chi connectivity index (χ2n) is 1.57. The van der Waals surface area contributed by atoms with Crippen LogP contribution in [0.4, 0.5) is 0 Å². The van der Waals surface area contributed by atoms with Gasteiger partial charge in [0.05, 0.1) is 0 Å². The van der Waals surface area contributed by atoms with Crippen LogP contribution < -0.4 is 5.32 Å². The van der Waals surface area contributed by atoms with Crippen LogP contribution in [0.3, 0.4) is 0 Å². The fourth-order valence-electron chi connectivity index (χ4n) is 0.536. The minimum atomic E-state index is 0.576. The van der Waals surface area contributed by atoms with E-state index < -0.39 is 0 Å². The Kier molecular flexibility index (Phi) is 2.29. The van der Waals surface area contributed by atoms with Crippen molar-refractivity contribution in [3.8, 4) is 0 Å². The van der Waals surface area contributed by atoms with E-state index in [1.165, 1.54) is 5.75 Å².